The quantitative estimate of drug-likeness (QED) is 0.231. The summed E-state index contributed by atoms with van der Waals surface area (Å²) >= 11 is 0. The van der Waals surface area contributed by atoms with Gasteiger partial charge in [0.25, 0.3) is 0 Å². The predicted octanol–water partition coefficient (Wildman–Crippen LogP) is 14.9. The number of benzene rings is 2. The lowest BCUT2D eigenvalue weighted by Crippen LogP contribution is -2.28. The molecule has 0 saturated heterocycles. The highest BCUT2D eigenvalue weighted by atomic mass is 16.1. The van der Waals surface area contributed by atoms with Crippen molar-refractivity contribution in [2.24, 2.45) is 42.1 Å². The molecule has 0 radical (unpaired) electrons. The fourth-order valence-corrected chi connectivity index (χ4v) is 8.89. The van der Waals surface area contributed by atoms with E-state index < -0.39 is 21.7 Å². The molecule has 7 nitrogen and oxygen atoms in total. The van der Waals surface area contributed by atoms with E-state index in [0.717, 1.165) is 83.3 Å². The van der Waals surface area contributed by atoms with Gasteiger partial charge >= 0.3 is 0 Å². The Morgan fingerprint density at radius 3 is 1.11 bits per heavy atom. The molecule has 0 unspecified atom stereocenters. The van der Waals surface area contributed by atoms with Crippen LogP contribution in [0.3, 0.4) is 0 Å². The number of ketones is 2. The van der Waals surface area contributed by atoms with Crippen molar-refractivity contribution in [1.29, 1.82) is 0 Å². The normalized spacial score (nSPS) is 17.7. The van der Waals surface area contributed by atoms with Crippen LogP contribution in [0.2, 0.25) is 0 Å². The van der Waals surface area contributed by atoms with Crippen LogP contribution >= 0.6 is 0 Å². The summed E-state index contributed by atoms with van der Waals surface area (Å²) in [6, 6.07) is 18.5. The van der Waals surface area contributed by atoms with E-state index in [2.05, 4.69) is 107 Å². The first kappa shape index (κ1) is 44.6. The maximum Gasteiger partial charge on any atom is 0.186 e. The van der Waals surface area contributed by atoms with Gasteiger partial charge in [-0.25, -0.2) is 4.98 Å². The lowest BCUT2D eigenvalue weighted by atomic mass is 9.71. The Morgan fingerprint density at radius 1 is 0.452 bits per heavy atom. The number of allylic oxidation sites excluding steroid dienone is 10. The average Bonchev–Trinajstić information content (AvgIpc) is 3.20. The minimum atomic E-state index is -0.426. The van der Waals surface area contributed by atoms with Gasteiger partial charge in [0.05, 0.1) is 22.8 Å². The van der Waals surface area contributed by atoms with Gasteiger partial charge < -0.3 is 0 Å². The number of carbonyl (C=O) groups is 2. The van der Waals surface area contributed by atoms with E-state index in [0.29, 0.717) is 22.8 Å². The highest BCUT2D eigenvalue weighted by Crippen LogP contribution is 2.44. The van der Waals surface area contributed by atoms with Crippen LogP contribution in [0.1, 0.15) is 142 Å². The lowest BCUT2D eigenvalue weighted by molar-refractivity contribution is -0.114. The molecule has 0 bridgehead atoms. The van der Waals surface area contributed by atoms with Crippen molar-refractivity contribution in [3.05, 3.63) is 146 Å². The summed E-state index contributed by atoms with van der Waals surface area (Å²) in [6.07, 6.45) is 16.5. The number of rotatable bonds is 6. The molecule has 1 aromatic heterocycles. The molecule has 1 heterocycles. The van der Waals surface area contributed by atoms with Gasteiger partial charge in [0.1, 0.15) is 11.4 Å². The predicted molar refractivity (Wildman–Crippen MR) is 253 cm³/mol. The Hall–Kier alpha value is -5.43. The zero-order valence-corrected chi connectivity index (χ0v) is 39.2. The molecule has 7 rings (SSSR count). The number of aromatic nitrogens is 1. The second-order valence-electron chi connectivity index (χ2n) is 21.6. The third-order valence-electron chi connectivity index (χ3n) is 12.4. The summed E-state index contributed by atoms with van der Waals surface area (Å²) in [6.45, 7) is 25.0. The summed E-state index contributed by atoms with van der Waals surface area (Å²) in [4.78, 5) is 33.8. The Morgan fingerprint density at radius 2 is 0.774 bits per heavy atom. The highest BCUT2D eigenvalue weighted by Gasteiger charge is 2.37. The van der Waals surface area contributed by atoms with Crippen LogP contribution in [0, 0.1) is 21.7 Å². The van der Waals surface area contributed by atoms with E-state index in [-0.39, 0.29) is 11.6 Å². The van der Waals surface area contributed by atoms with E-state index >= 15 is 0 Å². The molecule has 0 atom stereocenters. The summed E-state index contributed by atoms with van der Waals surface area (Å²) in [5.41, 5.74) is 11.9. The maximum atomic E-state index is 14.2. The first-order valence-electron chi connectivity index (χ1n) is 22.6. The number of hydrogen-bond acceptors (Lipinski definition) is 7. The molecule has 0 saturated carbocycles. The van der Waals surface area contributed by atoms with Gasteiger partial charge in [0.15, 0.2) is 11.6 Å². The summed E-state index contributed by atoms with van der Waals surface area (Å²) in [7, 11) is 0. The van der Waals surface area contributed by atoms with E-state index in [1.807, 2.05) is 54.6 Å². The van der Waals surface area contributed by atoms with Crippen LogP contribution in [-0.2, 0) is 35.3 Å². The molecule has 0 fully saturated rings. The molecule has 2 aromatic carbocycles. The molecule has 322 valence electrons. The zero-order valence-electron chi connectivity index (χ0n) is 39.2. The van der Waals surface area contributed by atoms with Crippen molar-refractivity contribution in [2.75, 3.05) is 0 Å². The third-order valence-corrected chi connectivity index (χ3v) is 12.4. The maximum absolute atomic E-state index is 14.2. The van der Waals surface area contributed by atoms with E-state index in [1.165, 1.54) is 35.1 Å². The molecule has 3 aromatic rings. The van der Waals surface area contributed by atoms with Crippen LogP contribution in [0.5, 0.6) is 0 Å². The Labute approximate surface area is 370 Å². The number of hydrogen-bond donors (Lipinski definition) is 0. The van der Waals surface area contributed by atoms with Crippen molar-refractivity contribution in [3.63, 3.8) is 0 Å². The van der Waals surface area contributed by atoms with E-state index in [4.69, 9.17) is 25.4 Å². The molecule has 62 heavy (non-hydrogen) atoms. The van der Waals surface area contributed by atoms with Gasteiger partial charge in [-0.1, -0.05) is 113 Å². The fraction of sp³-hybridized carbons (Fsp3) is 0.436. The number of Topliss-reactive ketones (excluding diaryl/α,β-unsaturated/α-hetero) is 2. The molecule has 4 aliphatic rings. The number of fused-ring (bicyclic) bond motifs is 2. The molecule has 0 amide bonds. The van der Waals surface area contributed by atoms with Crippen LogP contribution in [0.25, 0.3) is 11.4 Å². The monoisotopic (exact) mass is 828 g/mol. The number of carbonyl (C=O) groups excluding carboxylic acids is 2. The minimum absolute atomic E-state index is 0.0501. The lowest BCUT2D eigenvalue weighted by Gasteiger charge is -2.31. The first-order chi connectivity index (χ1) is 29.1. The fourth-order valence-electron chi connectivity index (χ4n) is 8.89. The SMILES string of the molecule is CC(C)(C)C1=CC(=C(N=Nc2cccc3c2CCCC3)c2cccc(C(N=Nc3cccc4c3CCCC4)=C3C=C(C(C)(C)C)C(=O)C(C(C)(C)C)=C3)n2)C=C(C(C)(C)C)C1=O. The summed E-state index contributed by atoms with van der Waals surface area (Å²) in [5, 5.41) is 20.2. The van der Waals surface area contributed by atoms with Crippen molar-refractivity contribution in [3.8, 4) is 0 Å². The smallest absolute Gasteiger partial charge is 0.186 e. The van der Waals surface area contributed by atoms with Gasteiger partial charge in [0, 0.05) is 33.4 Å². The molecule has 0 N–H and O–H groups in total. The van der Waals surface area contributed by atoms with Crippen LogP contribution < -0.4 is 0 Å². The number of aryl methyl sites for hydroxylation is 2. The summed E-state index contributed by atoms with van der Waals surface area (Å²) in [5.74, 6) is 0.100. The highest BCUT2D eigenvalue weighted by molar-refractivity contribution is 6.13. The molecule has 0 aliphatic heterocycles. The van der Waals surface area contributed by atoms with Crippen molar-refractivity contribution in [2.45, 2.75) is 134 Å². The second kappa shape index (κ2) is 17.0. The topological polar surface area (TPSA) is 96.5 Å². The third kappa shape index (κ3) is 9.47. The second-order valence-corrected chi connectivity index (χ2v) is 21.6. The van der Waals surface area contributed by atoms with Gasteiger partial charge in [-0.15, -0.1) is 10.2 Å². The molecule has 4 aliphatic carbocycles. The standard InChI is InChI=1S/C55H65N5O2/c1-52(2,3)40-30-36(31-41(50(40)61)53(4,5)6)48(59-57-44-26-17-22-34-20-13-15-24-38(34)44)46-28-19-29-47(56-46)49(60-58-45-27-18-23-35-21-14-16-25-39(35)45)37-32-42(54(7,8)9)51(62)43(33-37)55(10,11)12/h17-19,22-23,26-33H,13-16,20-21,24-25H2,1-12H3. The molecule has 0 spiro atoms. The largest absolute Gasteiger partial charge is 0.289 e. The average molecular weight is 828 g/mol. The Bertz CT molecular complexity index is 2330. The number of azo groups is 2. The van der Waals surface area contributed by atoms with E-state index in [9.17, 15) is 9.59 Å². The number of nitrogens with zero attached hydrogens (tertiary/aromatic N) is 5. The first-order valence-corrected chi connectivity index (χ1v) is 22.6. The van der Waals surface area contributed by atoms with Gasteiger partial charge in [-0.3, -0.25) is 9.59 Å². The Balaban J connectivity index is 1.51. The van der Waals surface area contributed by atoms with Crippen molar-refractivity contribution >= 4 is 34.3 Å². The molecular formula is C55H65N5O2. The molecule has 7 heteroatoms. The number of pyridine rings is 1. The Kier molecular flexibility index (Phi) is 12.3. The van der Waals surface area contributed by atoms with Crippen molar-refractivity contribution < 1.29 is 9.59 Å². The minimum Gasteiger partial charge on any atom is -0.289 e. The van der Waals surface area contributed by atoms with Gasteiger partial charge in [-0.05, 0) is 144 Å². The van der Waals surface area contributed by atoms with Crippen LogP contribution in [0.15, 0.2) is 133 Å². The van der Waals surface area contributed by atoms with Gasteiger partial charge in [0.2, 0.25) is 0 Å². The van der Waals surface area contributed by atoms with Gasteiger partial charge in [-0.2, -0.15) is 10.2 Å². The molecular weight excluding hydrogens is 763 g/mol. The van der Waals surface area contributed by atoms with Crippen molar-refractivity contribution in [1.82, 2.24) is 4.98 Å². The van der Waals surface area contributed by atoms with E-state index in [1.54, 1.807) is 0 Å². The van der Waals surface area contributed by atoms with Crippen LogP contribution in [-0.4, -0.2) is 16.6 Å². The summed E-state index contributed by atoms with van der Waals surface area (Å²) < 4.78 is 0. The van der Waals surface area contributed by atoms with Crippen LogP contribution in [0.4, 0.5) is 11.4 Å². The zero-order chi connectivity index (χ0) is 44.8.